The molecule has 0 N–H and O–H groups in total. The highest BCUT2D eigenvalue weighted by Gasteiger charge is 2.70. The monoisotopic (exact) mass is 864 g/mol. The molecule has 10 aromatic rings. The van der Waals surface area contributed by atoms with Gasteiger partial charge in [-0.3, -0.25) is 0 Å². The summed E-state index contributed by atoms with van der Waals surface area (Å²) >= 11 is 1.79. The average molecular weight is 865 g/mol. The molecule has 3 fully saturated rings. The number of benzene rings is 10. The van der Waals surface area contributed by atoms with Crippen LogP contribution in [0.5, 0.6) is 11.5 Å². The van der Waals surface area contributed by atoms with Crippen LogP contribution in [-0.4, -0.2) is 0 Å². The summed E-state index contributed by atoms with van der Waals surface area (Å²) in [5.41, 5.74) is 17.6. The Labute approximate surface area is 390 Å². The summed E-state index contributed by atoms with van der Waals surface area (Å²) in [6, 6.07) is 64.5. The SMILES string of the molecule is Cc1ccc2c(c1C)-c1ccc(-c3ccc4c(ccc5cc(-c6c7ccccc7c(-c7ccc8c(c7)Sc7ccccc7O8)c7ccccc67)ccc54)c3)cc1C21C(C)CC23CC2CC1C3. The molecule has 316 valence electrons. The van der Waals surface area contributed by atoms with Crippen molar-refractivity contribution in [3.8, 4) is 56.0 Å². The standard InChI is InChI=1S/C64H48OS/c1-36-16-26-54-60(38(36)3)53-25-20-40(30-55(53)64(54)37(2)33-63-34-45(63)32-46(64)35-63)39-19-23-47-41(28-39)17-18-42-29-43(21-24-48(42)47)61-49-10-4-6-12-51(49)62(52-13-7-5-11-50(52)61)44-22-27-57-59(31-44)66-58-15-9-8-14-56(58)65-57/h4-31,37,45-46H,32-35H2,1-3H3. The van der Waals surface area contributed by atoms with Crippen LogP contribution in [0.3, 0.4) is 0 Å². The summed E-state index contributed by atoms with van der Waals surface area (Å²) in [6.45, 7) is 7.27. The summed E-state index contributed by atoms with van der Waals surface area (Å²) in [7, 11) is 0. The van der Waals surface area contributed by atoms with Crippen molar-refractivity contribution in [3.63, 3.8) is 0 Å². The minimum Gasteiger partial charge on any atom is -0.455 e. The number of hydrogen-bond acceptors (Lipinski definition) is 2. The van der Waals surface area contributed by atoms with Crippen molar-refractivity contribution >= 4 is 54.9 Å². The maximum atomic E-state index is 6.35. The second-order valence-electron chi connectivity index (χ2n) is 20.7. The van der Waals surface area contributed by atoms with Gasteiger partial charge >= 0.3 is 0 Å². The van der Waals surface area contributed by atoms with Crippen LogP contribution in [0.25, 0.3) is 87.6 Å². The predicted octanol–water partition coefficient (Wildman–Crippen LogP) is 17.9. The molecule has 2 bridgehead atoms. The van der Waals surface area contributed by atoms with E-state index in [1.807, 2.05) is 6.07 Å². The van der Waals surface area contributed by atoms with Crippen molar-refractivity contribution in [2.24, 2.45) is 23.2 Å². The Morgan fingerprint density at radius 3 is 1.80 bits per heavy atom. The van der Waals surface area contributed by atoms with Gasteiger partial charge in [-0.2, -0.15) is 0 Å². The molecule has 5 unspecified atom stereocenters. The van der Waals surface area contributed by atoms with Crippen LogP contribution >= 0.6 is 11.8 Å². The Morgan fingerprint density at radius 1 is 0.470 bits per heavy atom. The number of ether oxygens (including phenoxy) is 1. The van der Waals surface area contributed by atoms with E-state index in [4.69, 9.17) is 4.74 Å². The molecule has 0 amide bonds. The number of aryl methyl sites for hydroxylation is 1. The molecule has 15 rings (SSSR count). The lowest BCUT2D eigenvalue weighted by atomic mass is 9.54. The van der Waals surface area contributed by atoms with E-state index in [1.54, 1.807) is 22.9 Å². The van der Waals surface area contributed by atoms with Crippen LogP contribution in [0, 0.1) is 37.0 Å². The third-order valence-corrected chi connectivity index (χ3v) is 18.6. The topological polar surface area (TPSA) is 9.23 Å². The highest BCUT2D eigenvalue weighted by molar-refractivity contribution is 7.99. The van der Waals surface area contributed by atoms with Gasteiger partial charge in [0.2, 0.25) is 0 Å². The van der Waals surface area contributed by atoms with Gasteiger partial charge in [0.05, 0.1) is 9.79 Å². The smallest absolute Gasteiger partial charge is 0.141 e. The molecule has 1 aliphatic heterocycles. The maximum absolute atomic E-state index is 6.35. The van der Waals surface area contributed by atoms with Gasteiger partial charge in [0.15, 0.2) is 0 Å². The Morgan fingerprint density at radius 2 is 1.06 bits per heavy atom. The quantitative estimate of drug-likeness (QED) is 0.129. The lowest BCUT2D eigenvalue weighted by Gasteiger charge is -2.48. The predicted molar refractivity (Wildman–Crippen MR) is 276 cm³/mol. The van der Waals surface area contributed by atoms with Crippen molar-refractivity contribution in [1.29, 1.82) is 0 Å². The fourth-order valence-corrected chi connectivity index (χ4v) is 15.5. The van der Waals surface area contributed by atoms with Crippen molar-refractivity contribution in [3.05, 3.63) is 192 Å². The molecule has 66 heavy (non-hydrogen) atoms. The van der Waals surface area contributed by atoms with Crippen LogP contribution in [0.1, 0.15) is 54.9 Å². The van der Waals surface area contributed by atoms with Gasteiger partial charge in [0.1, 0.15) is 11.5 Å². The van der Waals surface area contributed by atoms with Crippen molar-refractivity contribution < 1.29 is 4.74 Å². The molecule has 3 saturated carbocycles. The first-order chi connectivity index (χ1) is 32.4. The van der Waals surface area contributed by atoms with Crippen LogP contribution in [0.4, 0.5) is 0 Å². The number of para-hydroxylation sites is 1. The second-order valence-corrected chi connectivity index (χ2v) is 21.7. The minimum absolute atomic E-state index is 0.114. The molecule has 1 heterocycles. The Kier molecular flexibility index (Phi) is 7.56. The van der Waals surface area contributed by atoms with Crippen molar-refractivity contribution in [1.82, 2.24) is 0 Å². The molecule has 0 saturated heterocycles. The summed E-state index contributed by atoms with van der Waals surface area (Å²) in [5.74, 6) is 4.18. The van der Waals surface area contributed by atoms with Gasteiger partial charge in [0.25, 0.3) is 0 Å². The van der Waals surface area contributed by atoms with E-state index in [2.05, 4.69) is 185 Å². The first-order valence-corrected chi connectivity index (χ1v) is 24.9. The highest BCUT2D eigenvalue weighted by atomic mass is 32.2. The summed E-state index contributed by atoms with van der Waals surface area (Å²) in [5, 5.41) is 10.2. The van der Waals surface area contributed by atoms with Gasteiger partial charge in [-0.15, -0.1) is 0 Å². The van der Waals surface area contributed by atoms with Crippen LogP contribution in [0.2, 0.25) is 0 Å². The van der Waals surface area contributed by atoms with E-state index in [0.717, 1.165) is 33.1 Å². The lowest BCUT2D eigenvalue weighted by Crippen LogP contribution is -2.44. The maximum Gasteiger partial charge on any atom is 0.141 e. The zero-order chi connectivity index (χ0) is 43.6. The number of fused-ring (bicyclic) bond motifs is 14. The van der Waals surface area contributed by atoms with E-state index in [1.165, 1.54) is 124 Å². The number of hydrogen-bond donors (Lipinski definition) is 0. The van der Waals surface area contributed by atoms with Crippen LogP contribution in [0.15, 0.2) is 180 Å². The number of rotatable bonds is 3. The summed E-state index contributed by atoms with van der Waals surface area (Å²) in [6.07, 6.45) is 5.69. The molecule has 2 spiro atoms. The summed E-state index contributed by atoms with van der Waals surface area (Å²) in [4.78, 5) is 2.29. The Balaban J connectivity index is 0.830. The molecular weight excluding hydrogens is 817 g/mol. The molecule has 10 aromatic carbocycles. The van der Waals surface area contributed by atoms with E-state index < -0.39 is 0 Å². The molecule has 5 atom stereocenters. The molecule has 2 heteroatoms. The summed E-state index contributed by atoms with van der Waals surface area (Å²) < 4.78 is 6.35. The van der Waals surface area contributed by atoms with E-state index in [0.29, 0.717) is 11.3 Å². The molecular formula is C64H48OS. The third kappa shape index (κ3) is 4.98. The lowest BCUT2D eigenvalue weighted by molar-refractivity contribution is 0.130. The largest absolute Gasteiger partial charge is 0.455 e. The Bertz CT molecular complexity index is 3740. The average Bonchev–Trinajstić information content (AvgIpc) is 3.76. The first kappa shape index (κ1) is 37.6. The fraction of sp³-hybridized carbons (Fsp3) is 0.188. The van der Waals surface area contributed by atoms with E-state index >= 15 is 0 Å². The van der Waals surface area contributed by atoms with E-state index in [-0.39, 0.29) is 5.41 Å². The Hall–Kier alpha value is -6.61. The normalized spacial score (nSPS) is 22.9. The molecule has 0 radical (unpaired) electrons. The third-order valence-electron chi connectivity index (χ3n) is 17.5. The van der Waals surface area contributed by atoms with Crippen LogP contribution < -0.4 is 4.74 Å². The van der Waals surface area contributed by atoms with Crippen molar-refractivity contribution in [2.45, 2.75) is 61.7 Å². The van der Waals surface area contributed by atoms with Gasteiger partial charge < -0.3 is 4.74 Å². The molecule has 0 aromatic heterocycles. The van der Waals surface area contributed by atoms with Gasteiger partial charge in [-0.1, -0.05) is 146 Å². The van der Waals surface area contributed by atoms with Gasteiger partial charge in [-0.05, 0) is 215 Å². The molecule has 1 nitrogen and oxygen atoms in total. The fourth-order valence-electron chi connectivity index (χ4n) is 14.5. The highest BCUT2D eigenvalue weighted by Crippen LogP contribution is 2.78. The zero-order valence-corrected chi connectivity index (χ0v) is 38.4. The zero-order valence-electron chi connectivity index (χ0n) is 37.5. The molecule has 4 aliphatic carbocycles. The minimum atomic E-state index is 0.114. The van der Waals surface area contributed by atoms with Crippen molar-refractivity contribution in [2.75, 3.05) is 0 Å². The first-order valence-electron chi connectivity index (χ1n) is 24.1. The van der Waals surface area contributed by atoms with E-state index in [9.17, 15) is 0 Å². The van der Waals surface area contributed by atoms with Crippen LogP contribution in [-0.2, 0) is 5.41 Å². The molecule has 5 aliphatic rings. The second kappa shape index (κ2) is 13.3. The van der Waals surface area contributed by atoms with Gasteiger partial charge in [0, 0.05) is 5.41 Å². The van der Waals surface area contributed by atoms with Gasteiger partial charge in [-0.25, -0.2) is 0 Å².